The Morgan fingerprint density at radius 1 is 0.969 bits per heavy atom. The number of benzene rings is 2. The van der Waals surface area contributed by atoms with E-state index in [1.807, 2.05) is 47.4 Å². The summed E-state index contributed by atoms with van der Waals surface area (Å²) in [5.41, 5.74) is 4.64. The Bertz CT molecular complexity index is 1240. The Morgan fingerprint density at radius 3 is 2.47 bits per heavy atom. The summed E-state index contributed by atoms with van der Waals surface area (Å²) in [5, 5.41) is 12.6. The number of amides is 1. The van der Waals surface area contributed by atoms with E-state index in [-0.39, 0.29) is 5.91 Å². The summed E-state index contributed by atoms with van der Waals surface area (Å²) in [5.74, 6) is 0.717. The highest BCUT2D eigenvalue weighted by Gasteiger charge is 2.21. The Balaban J connectivity index is 1.31. The standard InChI is InChI=1S/C24H24N6OS/c1-16-3-5-17(6-4-16)19-9-10-22(28-27-19)26-24-25-20-8-7-18(15-21(20)32-24)23(31)30-13-11-29(2)12-14-30/h3-10,15H,11-14H2,1-2H3,(H,25,26,28). The number of hydrogen-bond acceptors (Lipinski definition) is 7. The van der Waals surface area contributed by atoms with Crippen molar-refractivity contribution in [2.45, 2.75) is 6.92 Å². The fraction of sp³-hybridized carbons (Fsp3) is 0.250. The van der Waals surface area contributed by atoms with Crippen LogP contribution in [-0.2, 0) is 0 Å². The fourth-order valence-electron chi connectivity index (χ4n) is 3.69. The Hall–Kier alpha value is -3.36. The quantitative estimate of drug-likeness (QED) is 0.509. The number of hydrogen-bond donors (Lipinski definition) is 1. The van der Waals surface area contributed by atoms with Crippen LogP contribution in [0.5, 0.6) is 0 Å². The van der Waals surface area contributed by atoms with Gasteiger partial charge in [-0.05, 0) is 44.3 Å². The van der Waals surface area contributed by atoms with E-state index in [1.165, 1.54) is 16.9 Å². The highest BCUT2D eigenvalue weighted by molar-refractivity contribution is 7.22. The van der Waals surface area contributed by atoms with Gasteiger partial charge in [-0.25, -0.2) is 4.98 Å². The molecule has 1 amide bonds. The molecule has 0 spiro atoms. The molecule has 1 aliphatic rings. The molecule has 1 fully saturated rings. The third-order valence-corrected chi connectivity index (χ3v) is 6.61. The molecule has 2 aromatic carbocycles. The predicted molar refractivity (Wildman–Crippen MR) is 129 cm³/mol. The van der Waals surface area contributed by atoms with E-state index in [2.05, 4.69) is 51.5 Å². The molecule has 8 heteroatoms. The fourth-order valence-corrected chi connectivity index (χ4v) is 4.60. The van der Waals surface area contributed by atoms with Gasteiger partial charge in [-0.2, -0.15) is 0 Å². The SMILES string of the molecule is Cc1ccc(-c2ccc(Nc3nc4ccc(C(=O)N5CCN(C)CC5)cc4s3)nn2)cc1. The zero-order valence-electron chi connectivity index (χ0n) is 18.1. The molecule has 32 heavy (non-hydrogen) atoms. The second kappa shape index (κ2) is 8.64. The summed E-state index contributed by atoms with van der Waals surface area (Å²) >= 11 is 1.50. The molecule has 1 saturated heterocycles. The van der Waals surface area contributed by atoms with Crippen LogP contribution in [0, 0.1) is 6.92 Å². The van der Waals surface area contributed by atoms with Gasteiger partial charge >= 0.3 is 0 Å². The lowest BCUT2D eigenvalue weighted by Gasteiger charge is -2.32. The summed E-state index contributed by atoms with van der Waals surface area (Å²) in [7, 11) is 2.08. The van der Waals surface area contributed by atoms with Gasteiger partial charge in [0.25, 0.3) is 5.91 Å². The van der Waals surface area contributed by atoms with Gasteiger partial charge in [-0.15, -0.1) is 10.2 Å². The molecule has 0 radical (unpaired) electrons. The number of thiazole rings is 1. The molecule has 1 aliphatic heterocycles. The minimum Gasteiger partial charge on any atom is -0.336 e. The lowest BCUT2D eigenvalue weighted by molar-refractivity contribution is 0.0664. The molecule has 0 unspecified atom stereocenters. The minimum atomic E-state index is 0.0838. The normalized spacial score (nSPS) is 14.6. The number of carbonyl (C=O) groups is 1. The maximum absolute atomic E-state index is 12.9. The van der Waals surface area contributed by atoms with Crippen LogP contribution in [0.15, 0.2) is 54.6 Å². The molecule has 3 heterocycles. The van der Waals surface area contributed by atoms with Crippen LogP contribution < -0.4 is 5.32 Å². The molecule has 162 valence electrons. The van der Waals surface area contributed by atoms with Gasteiger partial charge in [-0.3, -0.25) is 4.79 Å². The number of aryl methyl sites for hydroxylation is 1. The van der Waals surface area contributed by atoms with Crippen molar-refractivity contribution >= 4 is 38.4 Å². The van der Waals surface area contributed by atoms with Gasteiger partial charge in [0, 0.05) is 37.3 Å². The van der Waals surface area contributed by atoms with E-state index in [1.54, 1.807) is 0 Å². The van der Waals surface area contributed by atoms with Crippen molar-refractivity contribution < 1.29 is 4.79 Å². The van der Waals surface area contributed by atoms with E-state index in [0.29, 0.717) is 11.4 Å². The van der Waals surface area contributed by atoms with Gasteiger partial charge in [0.15, 0.2) is 10.9 Å². The highest BCUT2D eigenvalue weighted by Crippen LogP contribution is 2.29. The molecule has 0 aliphatic carbocycles. The third-order valence-electron chi connectivity index (χ3n) is 5.67. The minimum absolute atomic E-state index is 0.0838. The van der Waals surface area contributed by atoms with E-state index < -0.39 is 0 Å². The van der Waals surface area contributed by atoms with Crippen LogP contribution in [-0.4, -0.2) is 64.1 Å². The van der Waals surface area contributed by atoms with E-state index in [9.17, 15) is 4.79 Å². The van der Waals surface area contributed by atoms with Crippen LogP contribution in [0.4, 0.5) is 10.9 Å². The summed E-state index contributed by atoms with van der Waals surface area (Å²) in [6.07, 6.45) is 0. The second-order valence-corrected chi connectivity index (χ2v) is 9.12. The van der Waals surface area contributed by atoms with Crippen LogP contribution in [0.25, 0.3) is 21.5 Å². The van der Waals surface area contributed by atoms with Crippen LogP contribution in [0.2, 0.25) is 0 Å². The number of piperazine rings is 1. The maximum atomic E-state index is 12.9. The molecule has 5 rings (SSSR count). The summed E-state index contributed by atoms with van der Waals surface area (Å²) in [6.45, 7) is 5.41. The topological polar surface area (TPSA) is 74.2 Å². The number of fused-ring (bicyclic) bond motifs is 1. The molecule has 2 aromatic heterocycles. The van der Waals surface area contributed by atoms with Crippen molar-refractivity contribution in [2.75, 3.05) is 38.5 Å². The van der Waals surface area contributed by atoms with Crippen molar-refractivity contribution in [1.29, 1.82) is 0 Å². The molecule has 0 saturated carbocycles. The Labute approximate surface area is 190 Å². The molecule has 7 nitrogen and oxygen atoms in total. The zero-order chi connectivity index (χ0) is 22.1. The molecule has 1 N–H and O–H groups in total. The van der Waals surface area contributed by atoms with Gasteiger partial charge in [0.1, 0.15) is 0 Å². The van der Waals surface area contributed by atoms with Crippen LogP contribution in [0.1, 0.15) is 15.9 Å². The van der Waals surface area contributed by atoms with Gasteiger partial charge < -0.3 is 15.1 Å². The van der Waals surface area contributed by atoms with Gasteiger partial charge in [-0.1, -0.05) is 41.2 Å². The van der Waals surface area contributed by atoms with E-state index in [4.69, 9.17) is 0 Å². The van der Waals surface area contributed by atoms with Gasteiger partial charge in [0.2, 0.25) is 0 Å². The zero-order valence-corrected chi connectivity index (χ0v) is 18.9. The van der Waals surface area contributed by atoms with Crippen molar-refractivity contribution in [3.8, 4) is 11.3 Å². The number of nitrogens with one attached hydrogen (secondary N) is 1. The van der Waals surface area contributed by atoms with Crippen molar-refractivity contribution in [3.63, 3.8) is 0 Å². The van der Waals surface area contributed by atoms with Crippen molar-refractivity contribution in [2.24, 2.45) is 0 Å². The molecule has 0 bridgehead atoms. The van der Waals surface area contributed by atoms with Crippen molar-refractivity contribution in [1.82, 2.24) is 25.0 Å². The Morgan fingerprint density at radius 2 is 1.75 bits per heavy atom. The largest absolute Gasteiger partial charge is 0.336 e. The van der Waals surface area contributed by atoms with Crippen LogP contribution >= 0.6 is 11.3 Å². The molecule has 4 aromatic rings. The highest BCUT2D eigenvalue weighted by atomic mass is 32.1. The van der Waals surface area contributed by atoms with Crippen molar-refractivity contribution in [3.05, 3.63) is 65.7 Å². The molecular weight excluding hydrogens is 420 g/mol. The Kier molecular flexibility index (Phi) is 5.55. The number of likely N-dealkylation sites (N-methyl/N-ethyl adjacent to an activating group) is 1. The summed E-state index contributed by atoms with van der Waals surface area (Å²) < 4.78 is 0.969. The lowest BCUT2D eigenvalue weighted by Crippen LogP contribution is -2.47. The summed E-state index contributed by atoms with van der Waals surface area (Å²) in [6, 6.07) is 17.8. The van der Waals surface area contributed by atoms with E-state index >= 15 is 0 Å². The number of anilines is 2. The second-order valence-electron chi connectivity index (χ2n) is 8.09. The average molecular weight is 445 g/mol. The number of nitrogens with zero attached hydrogens (tertiary/aromatic N) is 5. The van der Waals surface area contributed by atoms with E-state index in [0.717, 1.165) is 52.8 Å². The third kappa shape index (κ3) is 4.32. The first-order valence-corrected chi connectivity index (χ1v) is 11.4. The first-order valence-electron chi connectivity index (χ1n) is 10.6. The monoisotopic (exact) mass is 444 g/mol. The number of carbonyl (C=O) groups excluding carboxylic acids is 1. The summed E-state index contributed by atoms with van der Waals surface area (Å²) in [4.78, 5) is 21.7. The predicted octanol–water partition coefficient (Wildman–Crippen LogP) is 4.19. The number of rotatable bonds is 4. The smallest absolute Gasteiger partial charge is 0.253 e. The first-order chi connectivity index (χ1) is 15.5. The molecule has 0 atom stereocenters. The number of aromatic nitrogens is 3. The van der Waals surface area contributed by atoms with Gasteiger partial charge in [0.05, 0.1) is 15.9 Å². The lowest BCUT2D eigenvalue weighted by atomic mass is 10.1. The first kappa shape index (κ1) is 20.5. The van der Waals surface area contributed by atoms with Crippen LogP contribution in [0.3, 0.4) is 0 Å². The average Bonchev–Trinajstić information content (AvgIpc) is 3.21. The molecular formula is C24H24N6OS. The maximum Gasteiger partial charge on any atom is 0.253 e.